The third kappa shape index (κ3) is 6.82. The van der Waals surface area contributed by atoms with Crippen molar-refractivity contribution in [2.75, 3.05) is 7.11 Å². The Morgan fingerprint density at radius 1 is 1.16 bits per heavy atom. The maximum atomic E-state index is 13.4. The van der Waals surface area contributed by atoms with Crippen LogP contribution in [-0.4, -0.2) is 35.1 Å². The molecule has 38 heavy (non-hydrogen) atoms. The van der Waals surface area contributed by atoms with Crippen molar-refractivity contribution in [3.05, 3.63) is 122 Å². The zero-order valence-corrected chi connectivity index (χ0v) is 21.9. The van der Waals surface area contributed by atoms with E-state index in [0.717, 1.165) is 23.0 Å². The molecule has 0 fully saturated rings. The van der Waals surface area contributed by atoms with E-state index in [0.29, 0.717) is 33.7 Å². The number of carbonyl (C=O) groups is 3. The van der Waals surface area contributed by atoms with Gasteiger partial charge in [0.05, 0.1) is 12.7 Å². The van der Waals surface area contributed by atoms with Gasteiger partial charge in [0.15, 0.2) is 0 Å². The number of halogens is 1. The molecule has 0 saturated carbocycles. The Hall–Kier alpha value is -4.06. The molecule has 1 atom stereocenters. The SMILES string of the molecule is COC(=O)c1cc#cc(CSC(=O)C(Cc2cc(=O)[nH]c3c2C=CC=CC3)NC(=O)c2ccc(Cl)cc2)c1. The van der Waals surface area contributed by atoms with Crippen LogP contribution >= 0.6 is 23.4 Å². The molecule has 7 nitrogen and oxygen atoms in total. The predicted octanol–water partition coefficient (Wildman–Crippen LogP) is 4.34. The van der Waals surface area contributed by atoms with Gasteiger partial charge in [0.2, 0.25) is 10.7 Å². The van der Waals surface area contributed by atoms with Crippen LogP contribution in [0.15, 0.2) is 65.5 Å². The first-order chi connectivity index (χ1) is 18.3. The third-order valence-corrected chi connectivity index (χ3v) is 7.06. The lowest BCUT2D eigenvalue weighted by molar-refractivity contribution is -0.112. The predicted molar refractivity (Wildman–Crippen MR) is 147 cm³/mol. The summed E-state index contributed by atoms with van der Waals surface area (Å²) >= 11 is 6.92. The van der Waals surface area contributed by atoms with E-state index in [1.54, 1.807) is 30.3 Å². The van der Waals surface area contributed by atoms with Gasteiger partial charge in [0.25, 0.3) is 5.91 Å². The molecule has 0 saturated heterocycles. The van der Waals surface area contributed by atoms with Crippen molar-refractivity contribution in [1.29, 1.82) is 0 Å². The van der Waals surface area contributed by atoms with Crippen LogP contribution < -0.4 is 10.9 Å². The Morgan fingerprint density at radius 2 is 1.95 bits per heavy atom. The van der Waals surface area contributed by atoms with E-state index in [1.807, 2.05) is 24.3 Å². The highest BCUT2D eigenvalue weighted by molar-refractivity contribution is 8.13. The molecule has 1 aliphatic carbocycles. The van der Waals surface area contributed by atoms with Crippen molar-refractivity contribution in [2.24, 2.45) is 0 Å². The van der Waals surface area contributed by atoms with Crippen LogP contribution in [0, 0.1) is 12.1 Å². The number of methoxy groups -OCH3 is 1. The van der Waals surface area contributed by atoms with Crippen LogP contribution in [0.25, 0.3) is 6.08 Å². The van der Waals surface area contributed by atoms with Crippen LogP contribution in [0.3, 0.4) is 0 Å². The summed E-state index contributed by atoms with van der Waals surface area (Å²) in [6.45, 7) is 0. The molecule has 0 bridgehead atoms. The fourth-order valence-corrected chi connectivity index (χ4v) is 4.85. The summed E-state index contributed by atoms with van der Waals surface area (Å²) in [4.78, 5) is 53.5. The van der Waals surface area contributed by atoms with Gasteiger partial charge >= 0.3 is 5.97 Å². The summed E-state index contributed by atoms with van der Waals surface area (Å²) < 4.78 is 4.74. The number of pyridine rings is 1. The molecule has 3 aromatic rings. The van der Waals surface area contributed by atoms with Crippen LogP contribution in [0.1, 0.15) is 43.1 Å². The average molecular weight is 547 g/mol. The van der Waals surface area contributed by atoms with Gasteiger partial charge in [-0.25, -0.2) is 4.79 Å². The average Bonchev–Trinajstić information content (AvgIpc) is 3.17. The second-order valence-corrected chi connectivity index (χ2v) is 9.83. The van der Waals surface area contributed by atoms with Gasteiger partial charge in [-0.15, -0.1) is 0 Å². The van der Waals surface area contributed by atoms with E-state index >= 15 is 0 Å². The van der Waals surface area contributed by atoms with Crippen LogP contribution in [0.5, 0.6) is 0 Å². The molecule has 1 aliphatic rings. The van der Waals surface area contributed by atoms with Gasteiger partial charge < -0.3 is 15.0 Å². The number of fused-ring (bicyclic) bond motifs is 1. The number of aromatic amines is 1. The molecular formula is C29H23ClN2O5S. The molecule has 192 valence electrons. The Bertz CT molecular complexity index is 1480. The summed E-state index contributed by atoms with van der Waals surface area (Å²) in [6.07, 6.45) is 8.21. The standard InChI is InChI=1S/C29H23ClN2O5S/c1-37-28(35)20-7-5-6-18(14-20)17-38-29(36)25(32-27(34)19-10-12-22(30)13-11-19)15-21-16-26(33)31-24-9-4-2-3-8-23(21)24/h2-4,7-8,10-14,16,25H,9,15,17H2,1H3,(H,31,33)(H,32,34). The van der Waals surface area contributed by atoms with Crippen molar-refractivity contribution in [2.45, 2.75) is 24.6 Å². The Labute approximate surface area is 228 Å². The second-order valence-electron chi connectivity index (χ2n) is 8.42. The minimum Gasteiger partial charge on any atom is -0.465 e. The van der Waals surface area contributed by atoms with Gasteiger partial charge in [0.1, 0.15) is 6.04 Å². The van der Waals surface area contributed by atoms with E-state index in [-0.39, 0.29) is 22.8 Å². The number of H-pyrrole nitrogens is 1. The number of hydrogen-bond acceptors (Lipinski definition) is 6. The maximum absolute atomic E-state index is 13.4. The van der Waals surface area contributed by atoms with E-state index in [1.165, 1.54) is 19.2 Å². The number of amides is 1. The molecule has 0 radical (unpaired) electrons. The highest BCUT2D eigenvalue weighted by Gasteiger charge is 2.25. The first-order valence-corrected chi connectivity index (χ1v) is 13.0. The number of thioether (sulfide) groups is 1. The summed E-state index contributed by atoms with van der Waals surface area (Å²) in [7, 11) is 1.28. The van der Waals surface area contributed by atoms with Crippen LogP contribution in [0.4, 0.5) is 0 Å². The number of benzene rings is 1. The monoisotopic (exact) mass is 546 g/mol. The van der Waals surface area contributed by atoms with Crippen molar-refractivity contribution in [1.82, 2.24) is 10.3 Å². The Morgan fingerprint density at radius 3 is 2.71 bits per heavy atom. The molecule has 0 spiro atoms. The normalized spacial score (nSPS) is 12.6. The number of esters is 1. The maximum Gasteiger partial charge on any atom is 0.338 e. The van der Waals surface area contributed by atoms with E-state index < -0.39 is 17.9 Å². The fraction of sp³-hybridized carbons (Fsp3) is 0.172. The molecular weight excluding hydrogens is 524 g/mol. The topological polar surface area (TPSA) is 105 Å². The van der Waals surface area contributed by atoms with E-state index in [2.05, 4.69) is 22.4 Å². The molecule has 2 aromatic carbocycles. The van der Waals surface area contributed by atoms with Gasteiger partial charge in [-0.05, 0) is 41.5 Å². The Kier molecular flexibility index (Phi) is 8.85. The lowest BCUT2D eigenvalue weighted by Crippen LogP contribution is -2.41. The summed E-state index contributed by atoms with van der Waals surface area (Å²) in [5, 5.41) is 3.00. The van der Waals surface area contributed by atoms with Gasteiger partial charge in [-0.2, -0.15) is 0 Å². The molecule has 0 aliphatic heterocycles. The third-order valence-electron chi connectivity index (χ3n) is 5.78. The van der Waals surface area contributed by atoms with Crippen molar-refractivity contribution in [3.8, 4) is 0 Å². The second kappa shape index (κ2) is 12.5. The first-order valence-electron chi connectivity index (χ1n) is 11.7. The van der Waals surface area contributed by atoms with Crippen LogP contribution in [-0.2, 0) is 28.1 Å². The molecule has 2 N–H and O–H groups in total. The molecule has 4 rings (SSSR count). The zero-order chi connectivity index (χ0) is 27.1. The number of nitrogens with one attached hydrogen (secondary N) is 2. The molecule has 9 heteroatoms. The summed E-state index contributed by atoms with van der Waals surface area (Å²) in [6, 6.07) is 15.5. The van der Waals surface area contributed by atoms with Gasteiger partial charge in [-0.3, -0.25) is 14.4 Å². The lowest BCUT2D eigenvalue weighted by Gasteiger charge is -2.19. The zero-order valence-electron chi connectivity index (χ0n) is 20.4. The minimum atomic E-state index is -0.938. The molecule has 1 amide bonds. The smallest absolute Gasteiger partial charge is 0.338 e. The highest BCUT2D eigenvalue weighted by atomic mass is 35.5. The number of aromatic nitrogens is 1. The lowest BCUT2D eigenvalue weighted by atomic mass is 9.98. The van der Waals surface area contributed by atoms with Crippen molar-refractivity contribution < 1.29 is 19.1 Å². The van der Waals surface area contributed by atoms with E-state index in [4.69, 9.17) is 16.3 Å². The number of carbonyl (C=O) groups excluding carboxylic acids is 3. The van der Waals surface area contributed by atoms with Crippen molar-refractivity contribution >= 4 is 46.4 Å². The number of hydrogen-bond donors (Lipinski definition) is 2. The largest absolute Gasteiger partial charge is 0.465 e. The Balaban J connectivity index is 1.59. The molecule has 1 heterocycles. The van der Waals surface area contributed by atoms with E-state index in [9.17, 15) is 19.2 Å². The number of ether oxygens (including phenoxy) is 1. The van der Waals surface area contributed by atoms with Gasteiger partial charge in [0, 0.05) is 52.6 Å². The highest BCUT2D eigenvalue weighted by Crippen LogP contribution is 2.22. The number of allylic oxidation sites excluding steroid dienone is 3. The van der Waals surface area contributed by atoms with Crippen LogP contribution in [0.2, 0.25) is 5.02 Å². The quantitative estimate of drug-likeness (QED) is 0.407. The van der Waals surface area contributed by atoms with Gasteiger partial charge in [-0.1, -0.05) is 59.8 Å². The van der Waals surface area contributed by atoms with Crippen molar-refractivity contribution in [3.63, 3.8) is 0 Å². The fourth-order valence-electron chi connectivity index (χ4n) is 3.93. The molecule has 1 aromatic heterocycles. The summed E-state index contributed by atoms with van der Waals surface area (Å²) in [5.74, 6) is -0.759. The number of rotatable bonds is 8. The minimum absolute atomic E-state index is 0.111. The molecule has 1 unspecified atom stereocenters. The summed E-state index contributed by atoms with van der Waals surface area (Å²) in [5.41, 5.74) is 3.14. The first kappa shape index (κ1) is 27.0.